The van der Waals surface area contributed by atoms with Crippen molar-refractivity contribution in [1.82, 2.24) is 10.6 Å². The van der Waals surface area contributed by atoms with Gasteiger partial charge in [-0.15, -0.1) is 0 Å². The number of urea groups is 1. The van der Waals surface area contributed by atoms with E-state index in [0.717, 1.165) is 24.2 Å². The predicted octanol–water partition coefficient (Wildman–Crippen LogP) is 2.39. The highest BCUT2D eigenvalue weighted by Gasteiger charge is 2.12. The average Bonchev–Trinajstić information content (AvgIpc) is 3.20. The Balaban J connectivity index is 1.50. The van der Waals surface area contributed by atoms with Gasteiger partial charge < -0.3 is 21.3 Å². The molecule has 1 heterocycles. The minimum Gasteiger partial charge on any atom is -0.372 e. The van der Waals surface area contributed by atoms with Crippen LogP contribution in [0.1, 0.15) is 34.3 Å². The fourth-order valence-electron chi connectivity index (χ4n) is 3.05. The van der Waals surface area contributed by atoms with E-state index < -0.39 is 6.03 Å². The molecule has 0 unspecified atom stereocenters. The largest absolute Gasteiger partial charge is 0.372 e. The molecule has 0 radical (unpaired) electrons. The third-order valence-electron chi connectivity index (χ3n) is 4.54. The van der Waals surface area contributed by atoms with E-state index in [-0.39, 0.29) is 5.91 Å². The Morgan fingerprint density at radius 1 is 0.846 bits per heavy atom. The van der Waals surface area contributed by atoms with Crippen molar-refractivity contribution in [3.63, 3.8) is 0 Å². The minimum atomic E-state index is -0.567. The van der Waals surface area contributed by atoms with Gasteiger partial charge in [0.05, 0.1) is 0 Å². The lowest BCUT2D eigenvalue weighted by Crippen LogP contribution is -2.28. The third kappa shape index (κ3) is 4.75. The molecule has 6 nitrogen and oxygen atoms in total. The van der Waals surface area contributed by atoms with Crippen molar-refractivity contribution in [2.75, 3.05) is 18.0 Å². The van der Waals surface area contributed by atoms with Crippen molar-refractivity contribution in [2.24, 2.45) is 5.73 Å². The normalized spacial score (nSPS) is 13.5. The molecule has 0 spiro atoms. The van der Waals surface area contributed by atoms with E-state index >= 15 is 0 Å². The van der Waals surface area contributed by atoms with Crippen molar-refractivity contribution in [2.45, 2.75) is 25.9 Å². The molecule has 0 atom stereocenters. The molecule has 0 aromatic heterocycles. The SMILES string of the molecule is NC(=O)NCc1ccc(C(=O)NCc2ccc(N3CCCC3)cc2)cc1. The Kier molecular flexibility index (Phi) is 5.73. The van der Waals surface area contributed by atoms with Crippen LogP contribution in [0.5, 0.6) is 0 Å². The van der Waals surface area contributed by atoms with Crippen LogP contribution in [0, 0.1) is 0 Å². The van der Waals surface area contributed by atoms with E-state index in [1.54, 1.807) is 24.3 Å². The first-order chi connectivity index (χ1) is 12.6. The maximum absolute atomic E-state index is 12.3. The summed E-state index contributed by atoms with van der Waals surface area (Å²) in [6, 6.07) is 14.9. The third-order valence-corrected chi connectivity index (χ3v) is 4.54. The summed E-state index contributed by atoms with van der Waals surface area (Å²) in [7, 11) is 0. The number of hydrogen-bond acceptors (Lipinski definition) is 3. The number of carbonyl (C=O) groups excluding carboxylic acids is 2. The molecule has 26 heavy (non-hydrogen) atoms. The van der Waals surface area contributed by atoms with Gasteiger partial charge in [0.2, 0.25) is 0 Å². The van der Waals surface area contributed by atoms with Crippen LogP contribution in [0.2, 0.25) is 0 Å². The quantitative estimate of drug-likeness (QED) is 0.746. The van der Waals surface area contributed by atoms with Gasteiger partial charge in [0.1, 0.15) is 0 Å². The lowest BCUT2D eigenvalue weighted by Gasteiger charge is -2.17. The summed E-state index contributed by atoms with van der Waals surface area (Å²) in [6.45, 7) is 3.09. The number of anilines is 1. The van der Waals surface area contributed by atoms with E-state index in [0.29, 0.717) is 18.7 Å². The topological polar surface area (TPSA) is 87.5 Å². The van der Waals surface area contributed by atoms with Gasteiger partial charge in [0.25, 0.3) is 5.91 Å². The molecule has 2 aromatic carbocycles. The maximum Gasteiger partial charge on any atom is 0.312 e. The standard InChI is InChI=1S/C20H24N4O2/c21-20(26)23-14-15-3-7-17(8-4-15)19(25)22-13-16-5-9-18(10-6-16)24-11-1-2-12-24/h3-10H,1-2,11-14H2,(H,22,25)(H3,21,23,26). The second-order valence-corrected chi connectivity index (χ2v) is 6.46. The predicted molar refractivity (Wildman–Crippen MR) is 102 cm³/mol. The van der Waals surface area contributed by atoms with E-state index in [2.05, 4.69) is 39.8 Å². The summed E-state index contributed by atoms with van der Waals surface area (Å²) in [5.41, 5.74) is 8.83. The number of primary amides is 1. The Hall–Kier alpha value is -3.02. The summed E-state index contributed by atoms with van der Waals surface area (Å²) in [4.78, 5) is 25.4. The molecule has 6 heteroatoms. The molecule has 0 saturated carbocycles. The summed E-state index contributed by atoms with van der Waals surface area (Å²) >= 11 is 0. The highest BCUT2D eigenvalue weighted by Crippen LogP contribution is 2.20. The fourth-order valence-corrected chi connectivity index (χ4v) is 3.05. The Bertz CT molecular complexity index is 750. The summed E-state index contributed by atoms with van der Waals surface area (Å²) in [5.74, 6) is -0.122. The van der Waals surface area contributed by atoms with Crippen molar-refractivity contribution in [3.05, 3.63) is 65.2 Å². The second-order valence-electron chi connectivity index (χ2n) is 6.46. The summed E-state index contributed by atoms with van der Waals surface area (Å²) in [5, 5.41) is 5.45. The summed E-state index contributed by atoms with van der Waals surface area (Å²) in [6.07, 6.45) is 2.52. The average molecular weight is 352 g/mol. The van der Waals surface area contributed by atoms with Gasteiger partial charge in [0.15, 0.2) is 0 Å². The number of nitrogens with zero attached hydrogens (tertiary/aromatic N) is 1. The first-order valence-electron chi connectivity index (χ1n) is 8.86. The Morgan fingerprint density at radius 2 is 1.38 bits per heavy atom. The van der Waals surface area contributed by atoms with Gasteiger partial charge in [-0.3, -0.25) is 4.79 Å². The zero-order valence-electron chi connectivity index (χ0n) is 14.7. The van der Waals surface area contributed by atoms with Crippen LogP contribution in [0.3, 0.4) is 0 Å². The van der Waals surface area contributed by atoms with Gasteiger partial charge in [-0.25, -0.2) is 4.79 Å². The van der Waals surface area contributed by atoms with Crippen LogP contribution in [0.25, 0.3) is 0 Å². The van der Waals surface area contributed by atoms with E-state index in [9.17, 15) is 9.59 Å². The highest BCUT2D eigenvalue weighted by molar-refractivity contribution is 5.94. The van der Waals surface area contributed by atoms with Crippen LogP contribution in [0.4, 0.5) is 10.5 Å². The molecular formula is C20H24N4O2. The number of nitrogens with one attached hydrogen (secondary N) is 2. The highest BCUT2D eigenvalue weighted by atomic mass is 16.2. The van der Waals surface area contributed by atoms with Crippen LogP contribution < -0.4 is 21.3 Å². The first-order valence-corrected chi connectivity index (χ1v) is 8.86. The Morgan fingerprint density at radius 3 is 1.96 bits per heavy atom. The molecular weight excluding hydrogens is 328 g/mol. The number of carbonyl (C=O) groups is 2. The van der Waals surface area contributed by atoms with Crippen molar-refractivity contribution in [3.8, 4) is 0 Å². The lowest BCUT2D eigenvalue weighted by molar-refractivity contribution is 0.0951. The molecule has 1 aliphatic heterocycles. The second kappa shape index (κ2) is 8.38. The van der Waals surface area contributed by atoms with E-state index in [1.165, 1.54) is 18.5 Å². The maximum atomic E-state index is 12.3. The monoisotopic (exact) mass is 352 g/mol. The number of rotatable bonds is 6. The molecule has 3 rings (SSSR count). The lowest BCUT2D eigenvalue weighted by atomic mass is 10.1. The van der Waals surface area contributed by atoms with Crippen molar-refractivity contribution < 1.29 is 9.59 Å². The van der Waals surface area contributed by atoms with Crippen molar-refractivity contribution in [1.29, 1.82) is 0 Å². The van der Waals surface area contributed by atoms with Crippen LogP contribution in [-0.4, -0.2) is 25.0 Å². The van der Waals surface area contributed by atoms with Crippen LogP contribution in [-0.2, 0) is 13.1 Å². The van der Waals surface area contributed by atoms with Crippen LogP contribution >= 0.6 is 0 Å². The smallest absolute Gasteiger partial charge is 0.312 e. The fraction of sp³-hybridized carbons (Fsp3) is 0.300. The zero-order valence-corrected chi connectivity index (χ0v) is 14.7. The van der Waals surface area contributed by atoms with Crippen molar-refractivity contribution >= 4 is 17.6 Å². The van der Waals surface area contributed by atoms with E-state index in [1.807, 2.05) is 0 Å². The number of benzene rings is 2. The molecule has 4 N–H and O–H groups in total. The number of amides is 3. The molecule has 3 amide bonds. The molecule has 1 fully saturated rings. The minimum absolute atomic E-state index is 0.122. The molecule has 1 aliphatic rings. The zero-order chi connectivity index (χ0) is 18.4. The van der Waals surface area contributed by atoms with Gasteiger partial charge in [-0.1, -0.05) is 24.3 Å². The first kappa shape index (κ1) is 17.8. The summed E-state index contributed by atoms with van der Waals surface area (Å²) < 4.78 is 0. The number of hydrogen-bond donors (Lipinski definition) is 3. The van der Waals surface area contributed by atoms with Gasteiger partial charge in [-0.2, -0.15) is 0 Å². The van der Waals surface area contributed by atoms with Gasteiger partial charge in [-0.05, 0) is 48.2 Å². The number of nitrogens with two attached hydrogens (primary N) is 1. The van der Waals surface area contributed by atoms with E-state index in [4.69, 9.17) is 5.73 Å². The van der Waals surface area contributed by atoms with Crippen LogP contribution in [0.15, 0.2) is 48.5 Å². The van der Waals surface area contributed by atoms with Gasteiger partial charge >= 0.3 is 6.03 Å². The molecule has 0 bridgehead atoms. The molecule has 0 aliphatic carbocycles. The molecule has 2 aromatic rings. The molecule has 1 saturated heterocycles. The Labute approximate surface area is 153 Å². The van der Waals surface area contributed by atoms with Gasteiger partial charge in [0, 0.05) is 37.4 Å². The molecule has 136 valence electrons.